The van der Waals surface area contributed by atoms with Crippen molar-refractivity contribution < 1.29 is 18.9 Å². The largest absolute Gasteiger partial charge is 0.491 e. The van der Waals surface area contributed by atoms with Crippen molar-refractivity contribution in [2.24, 2.45) is 0 Å². The van der Waals surface area contributed by atoms with Gasteiger partial charge in [-0.2, -0.15) is 0 Å². The molecule has 1 aromatic carbocycles. The summed E-state index contributed by atoms with van der Waals surface area (Å²) < 4.78 is 21.6. The molecule has 0 saturated carbocycles. The molecule has 1 aliphatic heterocycles. The summed E-state index contributed by atoms with van der Waals surface area (Å²) in [6.45, 7) is 7.21. The number of rotatable bonds is 10. The number of benzene rings is 1. The highest BCUT2D eigenvalue weighted by Crippen LogP contribution is 2.23. The molecule has 124 valence electrons. The summed E-state index contributed by atoms with van der Waals surface area (Å²) in [5, 5.41) is 0. The summed E-state index contributed by atoms with van der Waals surface area (Å²) in [6, 6.07) is 8.15. The maximum absolute atomic E-state index is 5.70. The molecular formula is C17H27NO4. The van der Waals surface area contributed by atoms with Crippen molar-refractivity contribution in [1.82, 2.24) is 0 Å². The van der Waals surface area contributed by atoms with E-state index in [0.717, 1.165) is 31.1 Å². The van der Waals surface area contributed by atoms with Gasteiger partial charge in [-0.15, -0.1) is 0 Å². The summed E-state index contributed by atoms with van der Waals surface area (Å²) in [4.78, 5) is 2.30. The predicted molar refractivity (Wildman–Crippen MR) is 86.8 cm³/mol. The fourth-order valence-electron chi connectivity index (χ4n) is 2.12. The molecule has 3 atom stereocenters. The van der Waals surface area contributed by atoms with Gasteiger partial charge in [0.15, 0.2) is 0 Å². The van der Waals surface area contributed by atoms with Gasteiger partial charge in [-0.25, -0.2) is 0 Å². The summed E-state index contributed by atoms with van der Waals surface area (Å²) >= 11 is 0. The van der Waals surface area contributed by atoms with Crippen LogP contribution in [0.15, 0.2) is 24.3 Å². The van der Waals surface area contributed by atoms with Gasteiger partial charge in [-0.05, 0) is 38.1 Å². The maximum atomic E-state index is 5.70. The Hall–Kier alpha value is -1.30. The van der Waals surface area contributed by atoms with Crippen LogP contribution in [0.5, 0.6) is 5.75 Å². The molecule has 0 spiro atoms. The molecule has 0 radical (unpaired) electrons. The van der Waals surface area contributed by atoms with Gasteiger partial charge in [0.2, 0.25) is 0 Å². The fraction of sp³-hybridized carbons (Fsp3) is 0.647. The van der Waals surface area contributed by atoms with Crippen LogP contribution in [0.2, 0.25) is 0 Å². The molecule has 5 nitrogen and oxygen atoms in total. The smallest absolute Gasteiger partial charge is 0.119 e. The average molecular weight is 309 g/mol. The van der Waals surface area contributed by atoms with Gasteiger partial charge in [0.1, 0.15) is 12.4 Å². The molecule has 0 bridgehead atoms. The SMILES string of the molecule is COC(C)COc1ccc(N(CC(C)OC)CC2CO2)cc1. The Morgan fingerprint density at radius 3 is 2.32 bits per heavy atom. The minimum atomic E-state index is 0.0887. The Morgan fingerprint density at radius 1 is 1.14 bits per heavy atom. The van der Waals surface area contributed by atoms with Crippen LogP contribution in [-0.4, -0.2) is 58.8 Å². The lowest BCUT2D eigenvalue weighted by Crippen LogP contribution is -2.35. The topological polar surface area (TPSA) is 43.5 Å². The Bertz CT molecular complexity index is 433. The third-order valence-corrected chi connectivity index (χ3v) is 3.80. The highest BCUT2D eigenvalue weighted by atomic mass is 16.6. The van der Waals surface area contributed by atoms with E-state index in [0.29, 0.717) is 12.7 Å². The van der Waals surface area contributed by atoms with Crippen molar-refractivity contribution in [2.45, 2.75) is 32.2 Å². The van der Waals surface area contributed by atoms with E-state index in [-0.39, 0.29) is 12.2 Å². The molecule has 0 amide bonds. The first-order valence-electron chi connectivity index (χ1n) is 7.77. The van der Waals surface area contributed by atoms with Gasteiger partial charge in [-0.1, -0.05) is 0 Å². The van der Waals surface area contributed by atoms with E-state index in [4.69, 9.17) is 18.9 Å². The van der Waals surface area contributed by atoms with Crippen LogP contribution >= 0.6 is 0 Å². The number of hydrogen-bond acceptors (Lipinski definition) is 5. The Labute approximate surface area is 133 Å². The van der Waals surface area contributed by atoms with Gasteiger partial charge in [-0.3, -0.25) is 0 Å². The van der Waals surface area contributed by atoms with Crippen molar-refractivity contribution in [1.29, 1.82) is 0 Å². The third kappa shape index (κ3) is 5.48. The monoisotopic (exact) mass is 309 g/mol. The number of hydrogen-bond donors (Lipinski definition) is 0. The molecule has 1 aliphatic rings. The molecule has 1 aromatic rings. The average Bonchev–Trinajstić information content (AvgIpc) is 3.36. The molecule has 1 heterocycles. The van der Waals surface area contributed by atoms with Crippen molar-refractivity contribution in [3.63, 3.8) is 0 Å². The summed E-state index contributed by atoms with van der Waals surface area (Å²) in [5.74, 6) is 0.857. The first-order chi connectivity index (χ1) is 10.6. The van der Waals surface area contributed by atoms with Crippen LogP contribution in [0.25, 0.3) is 0 Å². The van der Waals surface area contributed by atoms with Crippen molar-refractivity contribution >= 4 is 5.69 Å². The number of nitrogens with zero attached hydrogens (tertiary/aromatic N) is 1. The van der Waals surface area contributed by atoms with E-state index in [1.807, 2.05) is 19.1 Å². The third-order valence-electron chi connectivity index (χ3n) is 3.80. The van der Waals surface area contributed by atoms with E-state index in [2.05, 4.69) is 24.0 Å². The summed E-state index contributed by atoms with van der Waals surface area (Å²) in [5.41, 5.74) is 1.16. The zero-order valence-electron chi connectivity index (χ0n) is 14.0. The molecule has 1 saturated heterocycles. The quantitative estimate of drug-likeness (QED) is 0.621. The van der Waals surface area contributed by atoms with Crippen LogP contribution in [0.3, 0.4) is 0 Å². The van der Waals surface area contributed by atoms with Gasteiger partial charge in [0.05, 0.1) is 24.9 Å². The standard InChI is InChI=1S/C17H27NO4/c1-13(19-3)9-18(10-17-12-22-17)15-5-7-16(8-6-15)21-11-14(2)20-4/h5-8,13-14,17H,9-12H2,1-4H3. The second kappa shape index (κ2) is 8.36. The van der Waals surface area contributed by atoms with Crippen LogP contribution in [-0.2, 0) is 14.2 Å². The van der Waals surface area contributed by atoms with Gasteiger partial charge >= 0.3 is 0 Å². The lowest BCUT2D eigenvalue weighted by Gasteiger charge is -2.27. The summed E-state index contributed by atoms with van der Waals surface area (Å²) in [7, 11) is 3.43. The lowest BCUT2D eigenvalue weighted by atomic mass is 10.2. The van der Waals surface area contributed by atoms with Crippen LogP contribution in [0.1, 0.15) is 13.8 Å². The Morgan fingerprint density at radius 2 is 1.77 bits per heavy atom. The van der Waals surface area contributed by atoms with Gasteiger partial charge in [0, 0.05) is 33.0 Å². The molecule has 5 heteroatoms. The number of anilines is 1. The van der Waals surface area contributed by atoms with Crippen molar-refractivity contribution in [2.75, 3.05) is 45.4 Å². The van der Waals surface area contributed by atoms with Crippen LogP contribution in [0, 0.1) is 0 Å². The lowest BCUT2D eigenvalue weighted by molar-refractivity contribution is 0.0717. The van der Waals surface area contributed by atoms with E-state index in [1.165, 1.54) is 0 Å². The fourth-order valence-corrected chi connectivity index (χ4v) is 2.12. The second-order valence-corrected chi connectivity index (χ2v) is 5.76. The normalized spacial score (nSPS) is 19.5. The summed E-state index contributed by atoms with van der Waals surface area (Å²) in [6.07, 6.45) is 0.616. The minimum absolute atomic E-state index is 0.0887. The molecule has 1 fully saturated rings. The van der Waals surface area contributed by atoms with E-state index >= 15 is 0 Å². The Balaban J connectivity index is 1.95. The number of epoxide rings is 1. The van der Waals surface area contributed by atoms with Gasteiger partial charge in [0.25, 0.3) is 0 Å². The number of ether oxygens (including phenoxy) is 4. The van der Waals surface area contributed by atoms with Crippen LogP contribution in [0.4, 0.5) is 5.69 Å². The highest BCUT2D eigenvalue weighted by Gasteiger charge is 2.26. The van der Waals surface area contributed by atoms with E-state index in [9.17, 15) is 0 Å². The van der Waals surface area contributed by atoms with Gasteiger partial charge < -0.3 is 23.8 Å². The molecule has 0 aliphatic carbocycles. The predicted octanol–water partition coefficient (Wildman–Crippen LogP) is 2.34. The minimum Gasteiger partial charge on any atom is -0.491 e. The molecule has 3 unspecified atom stereocenters. The molecule has 0 aromatic heterocycles. The molecule has 22 heavy (non-hydrogen) atoms. The molecular weight excluding hydrogens is 282 g/mol. The highest BCUT2D eigenvalue weighted by molar-refractivity contribution is 5.49. The molecule has 2 rings (SSSR count). The second-order valence-electron chi connectivity index (χ2n) is 5.76. The molecule has 0 N–H and O–H groups in total. The first-order valence-corrected chi connectivity index (χ1v) is 7.77. The van der Waals surface area contributed by atoms with Crippen molar-refractivity contribution in [3.8, 4) is 5.75 Å². The van der Waals surface area contributed by atoms with E-state index < -0.39 is 0 Å². The zero-order valence-corrected chi connectivity index (χ0v) is 14.0. The van der Waals surface area contributed by atoms with Crippen LogP contribution < -0.4 is 9.64 Å². The number of methoxy groups -OCH3 is 2. The van der Waals surface area contributed by atoms with Crippen molar-refractivity contribution in [3.05, 3.63) is 24.3 Å². The zero-order chi connectivity index (χ0) is 15.9. The maximum Gasteiger partial charge on any atom is 0.119 e. The van der Waals surface area contributed by atoms with E-state index in [1.54, 1.807) is 14.2 Å². The Kier molecular flexibility index (Phi) is 6.49. The first kappa shape index (κ1) is 17.1.